The van der Waals surface area contributed by atoms with E-state index >= 15 is 0 Å². The molecule has 1 aliphatic heterocycles. The molecule has 1 aromatic rings. The predicted octanol–water partition coefficient (Wildman–Crippen LogP) is 3.22. The number of hydrogen-bond donors (Lipinski definition) is 0. The van der Waals surface area contributed by atoms with E-state index in [1.165, 1.54) is 42.1 Å². The lowest BCUT2D eigenvalue weighted by atomic mass is 9.70. The highest BCUT2D eigenvalue weighted by atomic mass is 32.2. The molecule has 1 heterocycles. The standard InChI is InChI=1S/C21H29NO5S/c23-21(27-19-8-5-16-3-1-2-4-18(16)15-19)17-6-9-20(10-7-17)28(24,25)22-11-13-26-14-12-22/h6-7,9-10,16,18-19H,1-5,8,11-15H2/t16-,18-,19-/m1/s1. The second-order valence-corrected chi connectivity index (χ2v) is 10.1. The number of ether oxygens (including phenoxy) is 2. The molecule has 0 radical (unpaired) electrons. The molecule has 3 aliphatic rings. The van der Waals surface area contributed by atoms with Crippen molar-refractivity contribution in [1.82, 2.24) is 4.31 Å². The normalized spacial score (nSPS) is 29.1. The van der Waals surface area contributed by atoms with Crippen LogP contribution in [0, 0.1) is 11.8 Å². The summed E-state index contributed by atoms with van der Waals surface area (Å²) in [5, 5.41) is 0. The lowest BCUT2D eigenvalue weighted by Gasteiger charge is -2.38. The van der Waals surface area contributed by atoms with E-state index in [2.05, 4.69) is 0 Å². The lowest BCUT2D eigenvalue weighted by Crippen LogP contribution is -2.40. The summed E-state index contributed by atoms with van der Waals surface area (Å²) < 4.78 is 37.7. The number of hydrogen-bond acceptors (Lipinski definition) is 5. The number of nitrogens with zero attached hydrogens (tertiary/aromatic N) is 1. The third kappa shape index (κ3) is 4.26. The monoisotopic (exact) mass is 407 g/mol. The molecule has 3 atom stereocenters. The minimum Gasteiger partial charge on any atom is -0.459 e. The largest absolute Gasteiger partial charge is 0.459 e. The van der Waals surface area contributed by atoms with Gasteiger partial charge in [0.05, 0.1) is 23.7 Å². The van der Waals surface area contributed by atoms with Gasteiger partial charge in [0.1, 0.15) is 6.10 Å². The highest BCUT2D eigenvalue weighted by Gasteiger charge is 2.34. The van der Waals surface area contributed by atoms with Crippen LogP contribution in [0.2, 0.25) is 0 Å². The molecule has 1 saturated heterocycles. The fraction of sp³-hybridized carbons (Fsp3) is 0.667. The van der Waals surface area contributed by atoms with Crippen molar-refractivity contribution in [2.24, 2.45) is 11.8 Å². The first-order chi connectivity index (χ1) is 13.5. The van der Waals surface area contributed by atoms with Crippen molar-refractivity contribution in [3.63, 3.8) is 0 Å². The molecule has 28 heavy (non-hydrogen) atoms. The molecule has 1 aromatic carbocycles. The summed E-state index contributed by atoms with van der Waals surface area (Å²) in [6.07, 6.45) is 8.27. The van der Waals surface area contributed by atoms with E-state index in [9.17, 15) is 13.2 Å². The highest BCUT2D eigenvalue weighted by Crippen LogP contribution is 2.41. The number of fused-ring (bicyclic) bond motifs is 1. The van der Waals surface area contributed by atoms with E-state index in [4.69, 9.17) is 9.47 Å². The Hall–Kier alpha value is -1.44. The van der Waals surface area contributed by atoms with E-state index in [1.807, 2.05) is 0 Å². The van der Waals surface area contributed by atoms with Gasteiger partial charge in [-0.25, -0.2) is 13.2 Å². The van der Waals surface area contributed by atoms with Crippen molar-refractivity contribution in [3.05, 3.63) is 29.8 Å². The van der Waals surface area contributed by atoms with Gasteiger partial charge >= 0.3 is 5.97 Å². The van der Waals surface area contributed by atoms with Crippen molar-refractivity contribution in [1.29, 1.82) is 0 Å². The molecule has 0 bridgehead atoms. The van der Waals surface area contributed by atoms with Crippen LogP contribution in [-0.2, 0) is 19.5 Å². The van der Waals surface area contributed by atoms with Crippen molar-refractivity contribution < 1.29 is 22.7 Å². The number of sulfonamides is 1. The first-order valence-electron chi connectivity index (χ1n) is 10.4. The van der Waals surface area contributed by atoms with Gasteiger partial charge in [-0.15, -0.1) is 0 Å². The van der Waals surface area contributed by atoms with Crippen molar-refractivity contribution in [2.45, 2.75) is 55.9 Å². The van der Waals surface area contributed by atoms with Gasteiger partial charge < -0.3 is 9.47 Å². The molecule has 7 heteroatoms. The van der Waals surface area contributed by atoms with Gasteiger partial charge in [0.25, 0.3) is 0 Å². The van der Waals surface area contributed by atoms with Gasteiger partial charge in [0, 0.05) is 13.1 Å². The summed E-state index contributed by atoms with van der Waals surface area (Å²) >= 11 is 0. The van der Waals surface area contributed by atoms with Crippen LogP contribution in [0.25, 0.3) is 0 Å². The molecular formula is C21H29NO5S. The van der Waals surface area contributed by atoms with Crippen LogP contribution in [0.1, 0.15) is 55.3 Å². The summed E-state index contributed by atoms with van der Waals surface area (Å²) in [5.41, 5.74) is 0.409. The Bertz CT molecular complexity index is 786. The molecular weight excluding hydrogens is 378 g/mol. The highest BCUT2D eigenvalue weighted by molar-refractivity contribution is 7.89. The van der Waals surface area contributed by atoms with E-state index in [1.54, 1.807) is 12.1 Å². The second kappa shape index (κ2) is 8.51. The predicted molar refractivity (Wildman–Crippen MR) is 105 cm³/mol. The van der Waals surface area contributed by atoms with E-state index in [-0.39, 0.29) is 17.0 Å². The Morgan fingerprint density at radius 1 is 0.964 bits per heavy atom. The maximum absolute atomic E-state index is 12.7. The Balaban J connectivity index is 1.37. The maximum Gasteiger partial charge on any atom is 0.338 e. The van der Waals surface area contributed by atoms with Crippen LogP contribution in [0.15, 0.2) is 29.2 Å². The number of benzene rings is 1. The summed E-state index contributed by atoms with van der Waals surface area (Å²) in [7, 11) is -3.54. The molecule has 0 spiro atoms. The number of rotatable bonds is 4. The average molecular weight is 408 g/mol. The molecule has 0 aromatic heterocycles. The summed E-state index contributed by atoms with van der Waals surface area (Å²) in [6, 6.07) is 6.11. The van der Waals surface area contributed by atoms with Gasteiger partial charge in [-0.3, -0.25) is 0 Å². The molecule has 0 N–H and O–H groups in total. The second-order valence-electron chi connectivity index (χ2n) is 8.19. The fourth-order valence-corrected chi connectivity index (χ4v) is 6.26. The van der Waals surface area contributed by atoms with Crippen LogP contribution < -0.4 is 0 Å². The van der Waals surface area contributed by atoms with E-state index < -0.39 is 10.0 Å². The van der Waals surface area contributed by atoms with Gasteiger partial charge in [-0.1, -0.05) is 25.7 Å². The van der Waals surface area contributed by atoms with Gasteiger partial charge in [-0.05, 0) is 55.4 Å². The van der Waals surface area contributed by atoms with Crippen molar-refractivity contribution in [3.8, 4) is 0 Å². The SMILES string of the molecule is O=C(O[C@@H]1CC[C@H]2CCCC[C@@H]2C1)c1ccc(S(=O)(=O)N2CCOCC2)cc1. The maximum atomic E-state index is 12.7. The lowest BCUT2D eigenvalue weighted by molar-refractivity contribution is -0.000934. The van der Waals surface area contributed by atoms with Crippen LogP contribution in [-0.4, -0.2) is 51.1 Å². The Kier molecular flexibility index (Phi) is 6.04. The first kappa shape index (κ1) is 19.9. The Labute approximate surface area is 167 Å². The van der Waals surface area contributed by atoms with E-state index in [0.717, 1.165) is 25.2 Å². The number of carbonyl (C=O) groups is 1. The average Bonchev–Trinajstić information content (AvgIpc) is 2.74. The van der Waals surface area contributed by atoms with Gasteiger partial charge in [0.2, 0.25) is 10.0 Å². The number of morpholine rings is 1. The molecule has 4 rings (SSSR count). The van der Waals surface area contributed by atoms with Gasteiger partial charge in [-0.2, -0.15) is 4.31 Å². The number of esters is 1. The van der Waals surface area contributed by atoms with Crippen LogP contribution >= 0.6 is 0 Å². The summed E-state index contributed by atoms with van der Waals surface area (Å²) in [5.74, 6) is 1.16. The molecule has 6 nitrogen and oxygen atoms in total. The topological polar surface area (TPSA) is 72.9 Å². The Morgan fingerprint density at radius 2 is 1.64 bits per heavy atom. The summed E-state index contributed by atoms with van der Waals surface area (Å²) in [4.78, 5) is 12.7. The quantitative estimate of drug-likeness (QED) is 0.717. The van der Waals surface area contributed by atoms with Crippen LogP contribution in [0.5, 0.6) is 0 Å². The third-order valence-corrected chi connectivity index (χ3v) is 8.38. The molecule has 2 aliphatic carbocycles. The molecule has 0 unspecified atom stereocenters. The minimum absolute atomic E-state index is 0.0105. The minimum atomic E-state index is -3.54. The zero-order valence-electron chi connectivity index (χ0n) is 16.2. The van der Waals surface area contributed by atoms with Crippen LogP contribution in [0.3, 0.4) is 0 Å². The van der Waals surface area contributed by atoms with Crippen molar-refractivity contribution in [2.75, 3.05) is 26.3 Å². The van der Waals surface area contributed by atoms with E-state index in [0.29, 0.717) is 37.8 Å². The molecule has 154 valence electrons. The van der Waals surface area contributed by atoms with Crippen LogP contribution in [0.4, 0.5) is 0 Å². The van der Waals surface area contributed by atoms with Gasteiger partial charge in [0.15, 0.2) is 0 Å². The molecule has 2 saturated carbocycles. The summed E-state index contributed by atoms with van der Waals surface area (Å²) in [6.45, 7) is 1.53. The third-order valence-electron chi connectivity index (χ3n) is 6.46. The smallest absolute Gasteiger partial charge is 0.338 e. The fourth-order valence-electron chi connectivity index (χ4n) is 4.86. The Morgan fingerprint density at radius 3 is 2.36 bits per heavy atom. The number of carbonyl (C=O) groups excluding carboxylic acids is 1. The zero-order chi connectivity index (χ0) is 19.6. The first-order valence-corrected chi connectivity index (χ1v) is 11.9. The zero-order valence-corrected chi connectivity index (χ0v) is 17.0. The molecule has 0 amide bonds. The van der Waals surface area contributed by atoms with Crippen molar-refractivity contribution >= 4 is 16.0 Å². The molecule has 3 fully saturated rings.